The Morgan fingerprint density at radius 3 is 2.87 bits per heavy atom. The minimum absolute atomic E-state index is 0.179. The number of oxazole rings is 1. The first-order valence-electron chi connectivity index (χ1n) is 4.40. The zero-order valence-electron chi connectivity index (χ0n) is 8.10. The Balaban J connectivity index is 2.11. The van der Waals surface area contributed by atoms with Crippen molar-refractivity contribution >= 4 is 11.7 Å². The van der Waals surface area contributed by atoms with E-state index >= 15 is 0 Å². The quantitative estimate of drug-likeness (QED) is 0.805. The van der Waals surface area contributed by atoms with Gasteiger partial charge in [0.25, 0.3) is 5.91 Å². The topological polar surface area (TPSA) is 68.0 Å². The molecule has 0 saturated heterocycles. The molecule has 2 aromatic heterocycles. The van der Waals surface area contributed by atoms with Gasteiger partial charge in [0.15, 0.2) is 5.89 Å². The Kier molecular flexibility index (Phi) is 2.45. The molecule has 1 amide bonds. The van der Waals surface area contributed by atoms with Crippen LogP contribution in [-0.2, 0) is 0 Å². The van der Waals surface area contributed by atoms with E-state index in [-0.39, 0.29) is 11.7 Å². The summed E-state index contributed by atoms with van der Waals surface area (Å²) in [6.07, 6.45) is 2.98. The lowest BCUT2D eigenvalue weighted by molar-refractivity contribution is 0.0995. The van der Waals surface area contributed by atoms with Gasteiger partial charge in [-0.05, 0) is 12.1 Å². The maximum absolute atomic E-state index is 11.5. The van der Waals surface area contributed by atoms with Crippen molar-refractivity contribution < 1.29 is 9.21 Å². The Hall–Kier alpha value is -2.17. The van der Waals surface area contributed by atoms with Crippen LogP contribution in [0.25, 0.3) is 0 Å². The van der Waals surface area contributed by atoms with Crippen LogP contribution in [0.4, 0.5) is 5.82 Å². The Morgan fingerprint density at radius 2 is 2.27 bits per heavy atom. The largest absolute Gasteiger partial charge is 0.436 e. The molecule has 0 bridgehead atoms. The van der Waals surface area contributed by atoms with Crippen molar-refractivity contribution in [2.45, 2.75) is 6.92 Å². The lowest BCUT2D eigenvalue weighted by Crippen LogP contribution is -2.11. The fourth-order valence-electron chi connectivity index (χ4n) is 1.08. The number of aryl methyl sites for hydroxylation is 1. The molecule has 5 heteroatoms. The van der Waals surface area contributed by atoms with E-state index in [4.69, 9.17) is 4.42 Å². The molecule has 0 aliphatic heterocycles. The molecule has 0 spiro atoms. The van der Waals surface area contributed by atoms with Crippen molar-refractivity contribution in [1.29, 1.82) is 0 Å². The summed E-state index contributed by atoms with van der Waals surface area (Å²) in [5.74, 6) is 0.769. The van der Waals surface area contributed by atoms with Crippen LogP contribution in [0.3, 0.4) is 0 Å². The van der Waals surface area contributed by atoms with E-state index in [1.807, 2.05) is 0 Å². The third-order valence-electron chi connectivity index (χ3n) is 1.75. The minimum Gasteiger partial charge on any atom is -0.436 e. The molecule has 0 aromatic carbocycles. The molecule has 0 aliphatic carbocycles. The van der Waals surface area contributed by atoms with Gasteiger partial charge in [-0.15, -0.1) is 0 Å². The molecule has 76 valence electrons. The second-order valence-electron chi connectivity index (χ2n) is 2.91. The maximum Gasteiger partial charge on any atom is 0.294 e. The van der Waals surface area contributed by atoms with Gasteiger partial charge in [0.2, 0.25) is 5.76 Å². The van der Waals surface area contributed by atoms with E-state index in [0.717, 1.165) is 0 Å². The number of anilines is 1. The molecule has 0 atom stereocenters. The summed E-state index contributed by atoms with van der Waals surface area (Å²) < 4.78 is 5.07. The summed E-state index contributed by atoms with van der Waals surface area (Å²) in [4.78, 5) is 19.3. The van der Waals surface area contributed by atoms with Gasteiger partial charge in [-0.1, -0.05) is 6.07 Å². The number of hydrogen-bond donors (Lipinski definition) is 1. The molecule has 15 heavy (non-hydrogen) atoms. The van der Waals surface area contributed by atoms with Crippen LogP contribution in [0.1, 0.15) is 16.4 Å². The molecule has 5 nitrogen and oxygen atoms in total. The van der Waals surface area contributed by atoms with Crippen molar-refractivity contribution in [1.82, 2.24) is 9.97 Å². The highest BCUT2D eigenvalue weighted by Crippen LogP contribution is 2.06. The monoisotopic (exact) mass is 203 g/mol. The number of carbonyl (C=O) groups excluding carboxylic acids is 1. The molecule has 0 unspecified atom stereocenters. The molecular formula is C10H9N3O2. The number of nitrogens with one attached hydrogen (secondary N) is 1. The fraction of sp³-hybridized carbons (Fsp3) is 0.100. The molecule has 1 N–H and O–H groups in total. The summed E-state index contributed by atoms with van der Waals surface area (Å²) >= 11 is 0. The highest BCUT2D eigenvalue weighted by atomic mass is 16.4. The number of hydrogen-bond acceptors (Lipinski definition) is 4. The van der Waals surface area contributed by atoms with Crippen molar-refractivity contribution in [3.05, 3.63) is 42.2 Å². The third kappa shape index (κ3) is 2.19. The molecule has 2 heterocycles. The second kappa shape index (κ2) is 3.91. The summed E-state index contributed by atoms with van der Waals surface area (Å²) in [5, 5.41) is 2.59. The van der Waals surface area contributed by atoms with Crippen molar-refractivity contribution in [3.63, 3.8) is 0 Å². The smallest absolute Gasteiger partial charge is 0.294 e. The van der Waals surface area contributed by atoms with Gasteiger partial charge in [-0.3, -0.25) is 4.79 Å². The highest BCUT2D eigenvalue weighted by Gasteiger charge is 2.10. The second-order valence-corrected chi connectivity index (χ2v) is 2.91. The van der Waals surface area contributed by atoms with Gasteiger partial charge < -0.3 is 9.73 Å². The number of nitrogens with zero attached hydrogens (tertiary/aromatic N) is 2. The number of amides is 1. The van der Waals surface area contributed by atoms with Crippen molar-refractivity contribution in [2.75, 3.05) is 5.32 Å². The van der Waals surface area contributed by atoms with E-state index < -0.39 is 0 Å². The minimum atomic E-state index is -0.352. The number of rotatable bonds is 2. The van der Waals surface area contributed by atoms with E-state index in [9.17, 15) is 4.79 Å². The fourth-order valence-corrected chi connectivity index (χ4v) is 1.08. The number of pyridine rings is 1. The number of aromatic nitrogens is 2. The van der Waals surface area contributed by atoms with Crippen molar-refractivity contribution in [2.24, 2.45) is 0 Å². The zero-order chi connectivity index (χ0) is 10.7. The van der Waals surface area contributed by atoms with E-state index in [1.165, 1.54) is 6.20 Å². The molecule has 0 saturated carbocycles. The van der Waals surface area contributed by atoms with Crippen LogP contribution in [0, 0.1) is 6.92 Å². The van der Waals surface area contributed by atoms with Gasteiger partial charge >= 0.3 is 0 Å². The number of carbonyl (C=O) groups is 1. The molecule has 2 aromatic rings. The first kappa shape index (κ1) is 9.39. The SMILES string of the molecule is Cc1ncc(C(=O)Nc2ccccn2)o1. The predicted molar refractivity (Wildman–Crippen MR) is 53.4 cm³/mol. The molecule has 0 aliphatic rings. The molecular weight excluding hydrogens is 194 g/mol. The van der Waals surface area contributed by atoms with Gasteiger partial charge in [-0.2, -0.15) is 0 Å². The van der Waals surface area contributed by atoms with Gasteiger partial charge in [0.1, 0.15) is 5.82 Å². The van der Waals surface area contributed by atoms with Gasteiger partial charge in [-0.25, -0.2) is 9.97 Å². The average molecular weight is 203 g/mol. The van der Waals surface area contributed by atoms with Crippen LogP contribution < -0.4 is 5.32 Å². The lowest BCUT2D eigenvalue weighted by atomic mass is 10.4. The normalized spacial score (nSPS) is 9.93. The van der Waals surface area contributed by atoms with E-state index in [1.54, 1.807) is 31.3 Å². The van der Waals surface area contributed by atoms with Crippen LogP contribution in [0.5, 0.6) is 0 Å². The van der Waals surface area contributed by atoms with Crippen LogP contribution >= 0.6 is 0 Å². The first-order valence-corrected chi connectivity index (χ1v) is 4.40. The lowest BCUT2D eigenvalue weighted by Gasteiger charge is -1.99. The van der Waals surface area contributed by atoms with Gasteiger partial charge in [0.05, 0.1) is 6.20 Å². The highest BCUT2D eigenvalue weighted by molar-refractivity contribution is 6.01. The van der Waals surface area contributed by atoms with Crippen LogP contribution in [-0.4, -0.2) is 15.9 Å². The zero-order valence-corrected chi connectivity index (χ0v) is 8.10. The molecule has 0 fully saturated rings. The Morgan fingerprint density at radius 1 is 1.40 bits per heavy atom. The summed E-state index contributed by atoms with van der Waals surface area (Å²) in [6, 6.07) is 5.25. The average Bonchev–Trinajstić information content (AvgIpc) is 2.66. The van der Waals surface area contributed by atoms with Crippen LogP contribution in [0.15, 0.2) is 35.0 Å². The van der Waals surface area contributed by atoms with Gasteiger partial charge in [0, 0.05) is 13.1 Å². The van der Waals surface area contributed by atoms with E-state index in [2.05, 4.69) is 15.3 Å². The predicted octanol–water partition coefficient (Wildman–Crippen LogP) is 1.63. The summed E-state index contributed by atoms with van der Waals surface area (Å²) in [6.45, 7) is 1.68. The third-order valence-corrected chi connectivity index (χ3v) is 1.75. The first-order chi connectivity index (χ1) is 7.25. The van der Waals surface area contributed by atoms with Crippen LogP contribution in [0.2, 0.25) is 0 Å². The van der Waals surface area contributed by atoms with E-state index in [0.29, 0.717) is 11.7 Å². The summed E-state index contributed by atoms with van der Waals surface area (Å²) in [7, 11) is 0. The standard InChI is InChI=1S/C10H9N3O2/c1-7-12-6-8(15-7)10(14)13-9-4-2-3-5-11-9/h2-6H,1H3,(H,11,13,14). The molecule has 2 rings (SSSR count). The summed E-state index contributed by atoms with van der Waals surface area (Å²) in [5.41, 5.74) is 0. The Bertz CT molecular complexity index is 465. The molecule has 0 radical (unpaired) electrons. The maximum atomic E-state index is 11.5. The Labute approximate surface area is 86.2 Å². The van der Waals surface area contributed by atoms with Crippen molar-refractivity contribution in [3.8, 4) is 0 Å².